The number of carbonyl (C=O) groups excluding carboxylic acids is 4. The fourth-order valence-electron chi connectivity index (χ4n) is 8.29. The summed E-state index contributed by atoms with van der Waals surface area (Å²) in [7, 11) is -9.86. The lowest BCUT2D eigenvalue weighted by Gasteiger charge is -2.21. The largest absolute Gasteiger partial charge is 0.472 e. The molecule has 0 fully saturated rings. The topological polar surface area (TPSA) is 237 Å². The molecule has 0 amide bonds. The molecule has 3 N–H and O–H groups in total. The summed E-state index contributed by atoms with van der Waals surface area (Å²) in [6.07, 6.45) is 30.0. The third-order valence-electron chi connectivity index (χ3n) is 13.0. The summed E-state index contributed by atoms with van der Waals surface area (Å²) in [6.45, 7) is 9.17. The fraction of sp³-hybridized carbons (Fsp3) is 0.930. The summed E-state index contributed by atoms with van der Waals surface area (Å²) >= 11 is 0. The fourth-order valence-corrected chi connectivity index (χ4v) is 9.87. The molecule has 0 radical (unpaired) electrons. The number of carbonyl (C=O) groups is 4. The van der Waals surface area contributed by atoms with Crippen molar-refractivity contribution >= 4 is 39.5 Å². The van der Waals surface area contributed by atoms with Crippen molar-refractivity contribution < 1.29 is 80.2 Å². The van der Waals surface area contributed by atoms with Gasteiger partial charge in [-0.15, -0.1) is 0 Å². The van der Waals surface area contributed by atoms with E-state index in [1.807, 2.05) is 0 Å². The van der Waals surface area contributed by atoms with Crippen LogP contribution in [0, 0.1) is 11.8 Å². The number of aliphatic hydroxyl groups excluding tert-OH is 1. The molecule has 5 atom stereocenters. The molecule has 0 aliphatic rings. The third-order valence-corrected chi connectivity index (χ3v) is 14.9. The first-order chi connectivity index (χ1) is 36.4. The number of aliphatic hydroxyl groups is 1. The molecular formula is C57H110O17P2. The van der Waals surface area contributed by atoms with Gasteiger partial charge in [0.2, 0.25) is 0 Å². The monoisotopic (exact) mass is 1130 g/mol. The molecule has 0 aromatic rings. The highest BCUT2D eigenvalue weighted by Crippen LogP contribution is 2.45. The van der Waals surface area contributed by atoms with Gasteiger partial charge in [0.05, 0.1) is 26.4 Å². The molecule has 0 heterocycles. The van der Waals surface area contributed by atoms with Gasteiger partial charge in [-0.05, 0) is 37.5 Å². The number of unbranched alkanes of at least 4 members (excludes halogenated alkanes) is 26. The molecule has 0 rings (SSSR count). The third kappa shape index (κ3) is 51.5. The van der Waals surface area contributed by atoms with E-state index in [2.05, 4.69) is 41.5 Å². The van der Waals surface area contributed by atoms with E-state index in [9.17, 15) is 43.2 Å². The quantitative estimate of drug-likeness (QED) is 0.0222. The average Bonchev–Trinajstić information content (AvgIpc) is 3.37. The smallest absolute Gasteiger partial charge is 0.462 e. The normalized spacial score (nSPS) is 14.5. The van der Waals surface area contributed by atoms with Crippen LogP contribution in [0.15, 0.2) is 0 Å². The van der Waals surface area contributed by atoms with Gasteiger partial charge in [-0.1, -0.05) is 221 Å². The predicted molar refractivity (Wildman–Crippen MR) is 298 cm³/mol. The maximum atomic E-state index is 12.9. The highest BCUT2D eigenvalue weighted by molar-refractivity contribution is 7.47. The van der Waals surface area contributed by atoms with Crippen LogP contribution in [-0.4, -0.2) is 96.7 Å². The van der Waals surface area contributed by atoms with E-state index >= 15 is 0 Å². The van der Waals surface area contributed by atoms with Crippen molar-refractivity contribution in [3.63, 3.8) is 0 Å². The molecule has 0 bridgehead atoms. The van der Waals surface area contributed by atoms with Crippen LogP contribution >= 0.6 is 15.6 Å². The molecule has 0 spiro atoms. The number of ether oxygens (including phenoxy) is 4. The summed E-state index contributed by atoms with van der Waals surface area (Å²) in [6, 6.07) is 0. The molecule has 0 saturated heterocycles. The molecular weight excluding hydrogens is 1020 g/mol. The van der Waals surface area contributed by atoms with E-state index in [1.54, 1.807) is 0 Å². The molecule has 76 heavy (non-hydrogen) atoms. The molecule has 0 aliphatic heterocycles. The van der Waals surface area contributed by atoms with Gasteiger partial charge in [0.1, 0.15) is 19.3 Å². The number of rotatable bonds is 56. The molecule has 0 aliphatic carbocycles. The Bertz CT molecular complexity index is 1510. The Morgan fingerprint density at radius 1 is 0.355 bits per heavy atom. The van der Waals surface area contributed by atoms with E-state index in [0.717, 1.165) is 103 Å². The number of phosphoric ester groups is 2. The van der Waals surface area contributed by atoms with Crippen LogP contribution < -0.4 is 0 Å². The summed E-state index contributed by atoms with van der Waals surface area (Å²) < 4.78 is 67.4. The minimum absolute atomic E-state index is 0.101. The van der Waals surface area contributed by atoms with Crippen LogP contribution in [0.1, 0.15) is 273 Å². The van der Waals surface area contributed by atoms with E-state index in [0.29, 0.717) is 37.5 Å². The molecule has 2 unspecified atom stereocenters. The maximum Gasteiger partial charge on any atom is 0.472 e. The second-order valence-corrected chi connectivity index (χ2v) is 24.5. The first-order valence-corrected chi connectivity index (χ1v) is 33.0. The van der Waals surface area contributed by atoms with Crippen molar-refractivity contribution in [2.24, 2.45) is 11.8 Å². The first-order valence-electron chi connectivity index (χ1n) is 30.0. The second kappa shape index (κ2) is 50.1. The summed E-state index contributed by atoms with van der Waals surface area (Å²) in [5.41, 5.74) is 0. The maximum absolute atomic E-state index is 12.9. The van der Waals surface area contributed by atoms with Crippen molar-refractivity contribution in [3.8, 4) is 0 Å². The lowest BCUT2D eigenvalue weighted by Crippen LogP contribution is -2.30. The molecule has 17 nitrogen and oxygen atoms in total. The van der Waals surface area contributed by atoms with Crippen LogP contribution in [0.5, 0.6) is 0 Å². The number of esters is 4. The van der Waals surface area contributed by atoms with E-state index in [4.69, 9.17) is 37.0 Å². The number of hydrogen-bond acceptors (Lipinski definition) is 15. The SMILES string of the molecule is CCCCCCCCCCCCCCCC(=O)O[C@H](COC(=O)CCCCCCCCC(C)C)COP(=O)(O)OC[C@@H](O)COP(=O)(O)OC[C@@H](COC(=O)CCCCCCC)OC(=O)CCCCCCCCC(C)C. The van der Waals surface area contributed by atoms with Gasteiger partial charge in [-0.3, -0.25) is 37.3 Å². The Kier molecular flexibility index (Phi) is 48.8. The number of phosphoric acid groups is 2. The van der Waals surface area contributed by atoms with Crippen molar-refractivity contribution in [2.75, 3.05) is 39.6 Å². The highest BCUT2D eigenvalue weighted by Gasteiger charge is 2.30. The highest BCUT2D eigenvalue weighted by atomic mass is 31.2. The van der Waals surface area contributed by atoms with Gasteiger partial charge in [0.25, 0.3) is 0 Å². The van der Waals surface area contributed by atoms with Gasteiger partial charge >= 0.3 is 39.5 Å². The Labute approximate surface area is 460 Å². The van der Waals surface area contributed by atoms with Gasteiger partial charge in [-0.2, -0.15) is 0 Å². The van der Waals surface area contributed by atoms with E-state index < -0.39 is 97.5 Å². The lowest BCUT2D eigenvalue weighted by molar-refractivity contribution is -0.161. The lowest BCUT2D eigenvalue weighted by atomic mass is 10.0. The molecule has 0 aromatic heterocycles. The number of hydrogen-bond donors (Lipinski definition) is 3. The zero-order valence-electron chi connectivity index (χ0n) is 48.5. The summed E-state index contributed by atoms with van der Waals surface area (Å²) in [5.74, 6) is -0.810. The van der Waals surface area contributed by atoms with Crippen LogP contribution in [0.2, 0.25) is 0 Å². The summed E-state index contributed by atoms with van der Waals surface area (Å²) in [5, 5.41) is 10.5. The van der Waals surface area contributed by atoms with Gasteiger partial charge in [0.15, 0.2) is 12.2 Å². The second-order valence-electron chi connectivity index (χ2n) is 21.6. The van der Waals surface area contributed by atoms with Crippen LogP contribution in [0.3, 0.4) is 0 Å². The van der Waals surface area contributed by atoms with Crippen molar-refractivity contribution in [3.05, 3.63) is 0 Å². The van der Waals surface area contributed by atoms with E-state index in [-0.39, 0.29) is 25.7 Å². The van der Waals surface area contributed by atoms with Gasteiger partial charge in [0, 0.05) is 25.7 Å². The average molecular weight is 1130 g/mol. The minimum Gasteiger partial charge on any atom is -0.462 e. The molecule has 450 valence electrons. The Hall–Kier alpha value is -1.94. The predicted octanol–water partition coefficient (Wildman–Crippen LogP) is 14.9. The zero-order valence-corrected chi connectivity index (χ0v) is 50.3. The van der Waals surface area contributed by atoms with Crippen LogP contribution in [0.25, 0.3) is 0 Å². The Morgan fingerprint density at radius 3 is 0.895 bits per heavy atom. The molecule has 0 aromatic carbocycles. The van der Waals surface area contributed by atoms with Crippen LogP contribution in [0.4, 0.5) is 0 Å². The first kappa shape index (κ1) is 74.1. The Morgan fingerprint density at radius 2 is 0.605 bits per heavy atom. The van der Waals surface area contributed by atoms with Gasteiger partial charge < -0.3 is 33.8 Å². The molecule has 19 heteroatoms. The van der Waals surface area contributed by atoms with Crippen molar-refractivity contribution in [2.45, 2.75) is 291 Å². The van der Waals surface area contributed by atoms with Crippen molar-refractivity contribution in [1.82, 2.24) is 0 Å². The van der Waals surface area contributed by atoms with Gasteiger partial charge in [-0.25, -0.2) is 9.13 Å². The molecule has 0 saturated carbocycles. The van der Waals surface area contributed by atoms with Crippen molar-refractivity contribution in [1.29, 1.82) is 0 Å². The summed E-state index contributed by atoms with van der Waals surface area (Å²) in [4.78, 5) is 71.5. The van der Waals surface area contributed by atoms with E-state index in [1.165, 1.54) is 77.0 Å². The minimum atomic E-state index is -4.93. The standard InChI is InChI=1S/C57H110O17P2/c1-7-9-11-13-14-15-16-17-18-19-20-29-35-41-56(61)73-53(46-68-55(60)40-34-28-23-21-26-31-37-49(3)4)48-72-76(65,66)70-44-51(58)43-69-75(63,64)71-47-52(45-67-54(59)39-33-25-12-10-8-2)74-57(62)42-36-30-24-22-27-32-38-50(5)6/h49-53,58H,7-48H2,1-6H3,(H,63,64)(H,65,66)/t51-,52+,53+/m0/s1. The Balaban J connectivity index is 5.18. The zero-order chi connectivity index (χ0) is 56.6. The van der Waals surface area contributed by atoms with Crippen LogP contribution in [-0.2, 0) is 65.4 Å².